The predicted octanol–water partition coefficient (Wildman–Crippen LogP) is 9.43. The van der Waals surface area contributed by atoms with E-state index >= 15 is 4.39 Å². The van der Waals surface area contributed by atoms with Crippen LogP contribution in [0.15, 0.2) is 66.7 Å². The Balaban J connectivity index is 1.35. The summed E-state index contributed by atoms with van der Waals surface area (Å²) in [4.78, 5) is 0. The monoisotopic (exact) mass is 466 g/mol. The van der Waals surface area contributed by atoms with Crippen LogP contribution in [-0.2, 0) is 12.8 Å². The van der Waals surface area contributed by atoms with Crippen molar-refractivity contribution in [2.24, 2.45) is 11.8 Å². The van der Waals surface area contributed by atoms with Gasteiger partial charge in [-0.2, -0.15) is 0 Å². The zero-order chi connectivity index (χ0) is 24.5. The number of allylic oxidation sites excluding steroid dienone is 2. The van der Waals surface area contributed by atoms with E-state index in [0.29, 0.717) is 5.39 Å². The second-order valence-electron chi connectivity index (χ2n) is 10.2. The van der Waals surface area contributed by atoms with E-state index in [-0.39, 0.29) is 5.82 Å². The van der Waals surface area contributed by atoms with Crippen LogP contribution in [0.1, 0.15) is 87.5 Å². The first kappa shape index (κ1) is 25.2. The zero-order valence-corrected chi connectivity index (χ0v) is 21.5. The van der Waals surface area contributed by atoms with Gasteiger partial charge in [-0.3, -0.25) is 0 Å². The minimum absolute atomic E-state index is 0.0476. The number of benzene rings is 3. The second kappa shape index (κ2) is 12.7. The SMILES string of the molecule is C/C=C/CCC1CCC(CCc2ccc3cc(C#Cc4ccc(CCC)cc4)ccc3c2F)CC1. The molecule has 0 spiro atoms. The van der Waals surface area contributed by atoms with E-state index in [4.69, 9.17) is 0 Å². The third-order valence-corrected chi connectivity index (χ3v) is 7.64. The average molecular weight is 467 g/mol. The number of fused-ring (bicyclic) bond motifs is 1. The van der Waals surface area contributed by atoms with Gasteiger partial charge in [0.15, 0.2) is 0 Å². The van der Waals surface area contributed by atoms with E-state index < -0.39 is 0 Å². The van der Waals surface area contributed by atoms with Gasteiger partial charge in [0, 0.05) is 16.5 Å². The van der Waals surface area contributed by atoms with Crippen LogP contribution in [0.5, 0.6) is 0 Å². The lowest BCUT2D eigenvalue weighted by atomic mass is 9.78. The Labute approximate surface area is 211 Å². The minimum atomic E-state index is -0.0476. The lowest BCUT2D eigenvalue weighted by Gasteiger charge is -2.28. The van der Waals surface area contributed by atoms with Gasteiger partial charge in [-0.25, -0.2) is 4.39 Å². The molecule has 0 aliphatic heterocycles. The van der Waals surface area contributed by atoms with Crippen LogP contribution in [0.25, 0.3) is 10.8 Å². The summed E-state index contributed by atoms with van der Waals surface area (Å²) in [5, 5.41) is 1.64. The standard InChI is InChI=1S/C34H39F/c1-3-5-6-8-27-11-15-29(16-12-27)19-21-31-22-23-32-25-30(20-24-33(32)34(31)35)18-17-28-13-9-26(7-4-2)10-14-28/h3,5,9-10,13-14,20,22-25,27,29H,4,6-8,11-12,15-16,19,21H2,1-2H3/b5-3+. The fourth-order valence-electron chi connectivity index (χ4n) is 5.46. The van der Waals surface area contributed by atoms with Crippen molar-refractivity contribution in [3.05, 3.63) is 94.8 Å². The Morgan fingerprint density at radius 1 is 0.829 bits per heavy atom. The summed E-state index contributed by atoms with van der Waals surface area (Å²) in [6.45, 7) is 4.29. The Morgan fingerprint density at radius 2 is 1.51 bits per heavy atom. The molecule has 0 atom stereocenters. The van der Waals surface area contributed by atoms with E-state index in [0.717, 1.165) is 59.6 Å². The molecular formula is C34H39F. The van der Waals surface area contributed by atoms with Gasteiger partial charge in [0.05, 0.1) is 0 Å². The van der Waals surface area contributed by atoms with Crippen LogP contribution in [0.4, 0.5) is 4.39 Å². The van der Waals surface area contributed by atoms with Crippen LogP contribution in [0, 0.1) is 29.5 Å². The Kier molecular flexibility index (Phi) is 9.19. The van der Waals surface area contributed by atoms with Gasteiger partial charge in [-0.1, -0.05) is 93.4 Å². The smallest absolute Gasteiger partial charge is 0.134 e. The first-order valence-electron chi connectivity index (χ1n) is 13.6. The number of rotatable bonds is 8. The van der Waals surface area contributed by atoms with E-state index in [1.807, 2.05) is 24.3 Å². The molecule has 1 saturated carbocycles. The normalized spacial score (nSPS) is 18.0. The van der Waals surface area contributed by atoms with Crippen LogP contribution >= 0.6 is 0 Å². The molecule has 3 aromatic carbocycles. The van der Waals surface area contributed by atoms with Crippen molar-refractivity contribution in [2.45, 2.75) is 78.1 Å². The van der Waals surface area contributed by atoms with E-state index in [1.165, 1.54) is 44.1 Å². The minimum Gasteiger partial charge on any atom is -0.206 e. The fraction of sp³-hybridized carbons (Fsp3) is 0.412. The van der Waals surface area contributed by atoms with Crippen LogP contribution in [0.3, 0.4) is 0 Å². The average Bonchev–Trinajstić information content (AvgIpc) is 2.89. The lowest BCUT2D eigenvalue weighted by molar-refractivity contribution is 0.254. The number of hydrogen-bond acceptors (Lipinski definition) is 0. The largest absolute Gasteiger partial charge is 0.206 e. The summed E-state index contributed by atoms with van der Waals surface area (Å²) in [6, 6.07) is 18.4. The molecular weight excluding hydrogens is 427 g/mol. The summed E-state index contributed by atoms with van der Waals surface area (Å²) in [6.07, 6.45) is 16.5. The Hall–Kier alpha value is -2.85. The highest BCUT2D eigenvalue weighted by atomic mass is 19.1. The molecule has 0 N–H and O–H groups in total. The van der Waals surface area contributed by atoms with Crippen molar-refractivity contribution in [1.82, 2.24) is 0 Å². The fourth-order valence-corrected chi connectivity index (χ4v) is 5.46. The molecule has 1 aliphatic carbocycles. The van der Waals surface area contributed by atoms with Crippen molar-refractivity contribution in [3.63, 3.8) is 0 Å². The van der Waals surface area contributed by atoms with Gasteiger partial charge in [-0.05, 0) is 91.6 Å². The highest BCUT2D eigenvalue weighted by molar-refractivity contribution is 5.85. The molecule has 4 rings (SSSR count). The maximum absolute atomic E-state index is 15.3. The van der Waals surface area contributed by atoms with E-state index in [9.17, 15) is 0 Å². The van der Waals surface area contributed by atoms with Crippen molar-refractivity contribution < 1.29 is 4.39 Å². The van der Waals surface area contributed by atoms with E-state index in [2.05, 4.69) is 68.2 Å². The van der Waals surface area contributed by atoms with E-state index in [1.54, 1.807) is 0 Å². The third kappa shape index (κ3) is 7.08. The second-order valence-corrected chi connectivity index (χ2v) is 10.2. The number of halogens is 1. The maximum atomic E-state index is 15.3. The third-order valence-electron chi connectivity index (χ3n) is 7.64. The molecule has 3 aromatic rings. The van der Waals surface area contributed by atoms with Crippen molar-refractivity contribution in [3.8, 4) is 11.8 Å². The van der Waals surface area contributed by atoms with Gasteiger partial charge < -0.3 is 0 Å². The van der Waals surface area contributed by atoms with Crippen LogP contribution < -0.4 is 0 Å². The van der Waals surface area contributed by atoms with Gasteiger partial charge >= 0.3 is 0 Å². The summed E-state index contributed by atoms with van der Waals surface area (Å²) < 4.78 is 15.3. The first-order chi connectivity index (χ1) is 17.2. The van der Waals surface area contributed by atoms with Gasteiger partial charge in [0.1, 0.15) is 5.82 Å². The molecule has 1 fully saturated rings. The molecule has 1 heteroatoms. The summed E-state index contributed by atoms with van der Waals surface area (Å²) in [5.41, 5.74) is 4.15. The molecule has 35 heavy (non-hydrogen) atoms. The molecule has 0 aromatic heterocycles. The number of hydrogen-bond donors (Lipinski definition) is 0. The van der Waals surface area contributed by atoms with Gasteiger partial charge in [-0.15, -0.1) is 0 Å². The highest BCUT2D eigenvalue weighted by Gasteiger charge is 2.21. The Morgan fingerprint density at radius 3 is 2.23 bits per heavy atom. The molecule has 0 unspecified atom stereocenters. The van der Waals surface area contributed by atoms with Crippen LogP contribution in [0.2, 0.25) is 0 Å². The molecule has 1 aliphatic rings. The summed E-state index contributed by atoms with van der Waals surface area (Å²) in [5.74, 6) is 8.08. The zero-order valence-electron chi connectivity index (χ0n) is 21.5. The lowest BCUT2D eigenvalue weighted by Crippen LogP contribution is -2.15. The van der Waals surface area contributed by atoms with Crippen molar-refractivity contribution >= 4 is 10.8 Å². The molecule has 0 amide bonds. The Bertz CT molecular complexity index is 1180. The molecule has 0 saturated heterocycles. The summed E-state index contributed by atoms with van der Waals surface area (Å²) in [7, 11) is 0. The highest BCUT2D eigenvalue weighted by Crippen LogP contribution is 2.34. The molecule has 0 bridgehead atoms. The molecule has 0 heterocycles. The molecule has 182 valence electrons. The molecule has 0 radical (unpaired) electrons. The summed E-state index contributed by atoms with van der Waals surface area (Å²) >= 11 is 0. The quantitative estimate of drug-likeness (QED) is 0.229. The topological polar surface area (TPSA) is 0 Å². The first-order valence-corrected chi connectivity index (χ1v) is 13.6. The van der Waals surface area contributed by atoms with Crippen molar-refractivity contribution in [1.29, 1.82) is 0 Å². The maximum Gasteiger partial charge on any atom is 0.134 e. The predicted molar refractivity (Wildman–Crippen MR) is 148 cm³/mol. The van der Waals surface area contributed by atoms with Gasteiger partial charge in [0.25, 0.3) is 0 Å². The number of aryl methyl sites for hydroxylation is 2. The van der Waals surface area contributed by atoms with Gasteiger partial charge in [0.2, 0.25) is 0 Å². The van der Waals surface area contributed by atoms with Crippen LogP contribution in [-0.4, -0.2) is 0 Å². The molecule has 0 nitrogen and oxygen atoms in total. The van der Waals surface area contributed by atoms with Crippen molar-refractivity contribution in [2.75, 3.05) is 0 Å².